The lowest BCUT2D eigenvalue weighted by Gasteiger charge is -1.94. The number of allylic oxidation sites excluding steroid dienone is 3. The Balaban J connectivity index is 0.000000148. The predicted octanol–water partition coefficient (Wildman–Crippen LogP) is 2.11. The molecule has 0 atom stereocenters. The topological polar surface area (TPSA) is 69.5 Å². The van der Waals surface area contributed by atoms with Gasteiger partial charge in [-0.25, -0.2) is 0 Å². The van der Waals surface area contributed by atoms with Crippen molar-refractivity contribution in [2.45, 2.75) is 6.42 Å². The largest absolute Gasteiger partial charge is 0.493 e. The maximum Gasteiger partial charge on any atom is 0.110 e. The van der Waals surface area contributed by atoms with Gasteiger partial charge in [0, 0.05) is 6.42 Å². The van der Waals surface area contributed by atoms with Crippen molar-refractivity contribution in [1.29, 1.82) is 5.53 Å². The first kappa shape index (κ1) is 6.71. The average Bonchev–Trinajstić information content (AvgIpc) is 2.49. The first-order valence-corrected chi connectivity index (χ1v) is 2.89. The summed E-state index contributed by atoms with van der Waals surface area (Å²) in [5.74, 6) is 1.15. The Bertz CT molecular complexity index is 205. The van der Waals surface area contributed by atoms with Crippen molar-refractivity contribution in [3.63, 3.8) is 0 Å². The molecule has 1 saturated heterocycles. The number of ether oxygens (including phenoxy) is 1. The molecule has 2 rings (SSSR count). The highest BCUT2D eigenvalue weighted by molar-refractivity contribution is 5.31. The van der Waals surface area contributed by atoms with E-state index in [9.17, 15) is 0 Å². The van der Waals surface area contributed by atoms with Crippen molar-refractivity contribution in [2.75, 3.05) is 6.61 Å². The maximum absolute atomic E-state index is 6.86. The zero-order valence-electron chi connectivity index (χ0n) is 5.37. The molecular weight excluding hydrogens is 130 g/mol. The lowest BCUT2D eigenvalue weighted by Crippen LogP contribution is -1.82. The van der Waals surface area contributed by atoms with Crippen LogP contribution in [0.15, 0.2) is 23.5 Å². The van der Waals surface area contributed by atoms with E-state index < -0.39 is 0 Å². The molecule has 0 amide bonds. The second-order valence-corrected chi connectivity index (χ2v) is 2.02. The quantitative estimate of drug-likeness (QED) is 0.310. The highest BCUT2D eigenvalue weighted by atomic mass is 16.5. The van der Waals surface area contributed by atoms with Crippen LogP contribution in [0.1, 0.15) is 6.42 Å². The molecule has 4 heteroatoms. The van der Waals surface area contributed by atoms with Crippen molar-refractivity contribution in [3.05, 3.63) is 33.9 Å². The molecule has 1 fully saturated rings. The fraction of sp³-hybridized carbons (Fsp3) is 0.333. The molecule has 0 aromatic heterocycles. The third-order valence-corrected chi connectivity index (χ3v) is 1.35. The van der Waals surface area contributed by atoms with Crippen molar-refractivity contribution >= 4 is 0 Å². The molecule has 0 saturated carbocycles. The molecule has 1 aliphatic carbocycles. The van der Waals surface area contributed by atoms with E-state index in [0.29, 0.717) is 0 Å². The fourth-order valence-electron chi connectivity index (χ4n) is 0.936. The van der Waals surface area contributed by atoms with Crippen LogP contribution in [0.2, 0.25) is 0 Å². The monoisotopic (exact) mass is 137 g/mol. The standard InChI is InChI=1S/C6H6O.HN3/c1-2-6-3-5(1)4-7-6;1-3-2/h1-2H,3-4H2;1H. The second kappa shape index (κ2) is 2.94. The minimum atomic E-state index is 0.853. The van der Waals surface area contributed by atoms with Gasteiger partial charge in [0.1, 0.15) is 12.4 Å². The van der Waals surface area contributed by atoms with Crippen molar-refractivity contribution in [2.24, 2.45) is 0 Å². The normalized spacial score (nSPS) is 17.6. The molecule has 2 aliphatic rings. The zero-order valence-corrected chi connectivity index (χ0v) is 5.37. The molecule has 52 valence electrons. The van der Waals surface area contributed by atoms with E-state index in [4.69, 9.17) is 15.8 Å². The summed E-state index contributed by atoms with van der Waals surface area (Å²) in [6, 6.07) is 0. The van der Waals surface area contributed by atoms with Crippen LogP contribution in [0.5, 0.6) is 0 Å². The Kier molecular flexibility index (Phi) is 1.97. The molecule has 0 aromatic carbocycles. The minimum absolute atomic E-state index is 0.853. The van der Waals surface area contributed by atoms with Gasteiger partial charge in [-0.2, -0.15) is 0 Å². The third-order valence-electron chi connectivity index (χ3n) is 1.35. The van der Waals surface area contributed by atoms with E-state index in [2.05, 4.69) is 6.08 Å². The van der Waals surface area contributed by atoms with Crippen LogP contribution in [0.4, 0.5) is 0 Å². The number of rotatable bonds is 0. The molecule has 0 radical (unpaired) electrons. The van der Waals surface area contributed by atoms with Crippen molar-refractivity contribution in [3.8, 4) is 0 Å². The first-order chi connectivity index (χ1) is 4.86. The summed E-state index contributed by atoms with van der Waals surface area (Å²) in [4.78, 5) is 1.75. The van der Waals surface area contributed by atoms with Crippen LogP contribution >= 0.6 is 0 Å². The molecule has 2 bridgehead atoms. The molecule has 1 heterocycles. The maximum atomic E-state index is 6.86. The highest BCUT2D eigenvalue weighted by Crippen LogP contribution is 2.27. The molecule has 10 heavy (non-hydrogen) atoms. The molecule has 1 aliphatic heterocycles. The Morgan fingerprint density at radius 2 is 2.30 bits per heavy atom. The van der Waals surface area contributed by atoms with Gasteiger partial charge in [0.05, 0.1) is 0 Å². The number of hydrogen-bond donors (Lipinski definition) is 1. The average molecular weight is 137 g/mol. The lowest BCUT2D eigenvalue weighted by molar-refractivity contribution is 0.272. The van der Waals surface area contributed by atoms with Gasteiger partial charge in [0.15, 0.2) is 0 Å². The Morgan fingerprint density at radius 3 is 2.40 bits per heavy atom. The van der Waals surface area contributed by atoms with Crippen LogP contribution < -0.4 is 0 Å². The van der Waals surface area contributed by atoms with E-state index in [1.165, 1.54) is 5.57 Å². The summed E-state index contributed by atoms with van der Waals surface area (Å²) in [6.07, 6.45) is 5.26. The summed E-state index contributed by atoms with van der Waals surface area (Å²) in [5.41, 5.74) is 13.7. The molecule has 4 nitrogen and oxygen atoms in total. The summed E-state index contributed by atoms with van der Waals surface area (Å²) in [6.45, 7) is 0.853. The van der Waals surface area contributed by atoms with Gasteiger partial charge < -0.3 is 4.74 Å². The van der Waals surface area contributed by atoms with Crippen LogP contribution in [0.25, 0.3) is 10.4 Å². The zero-order chi connectivity index (χ0) is 7.40. The van der Waals surface area contributed by atoms with Crippen LogP contribution in [-0.4, -0.2) is 6.61 Å². The van der Waals surface area contributed by atoms with Gasteiger partial charge in [0.2, 0.25) is 0 Å². The number of nitrogens with zero attached hydrogens (tertiary/aromatic N) is 2. The summed E-state index contributed by atoms with van der Waals surface area (Å²) in [5, 5.41) is 0. The number of nitrogens with one attached hydrogen (secondary N) is 1. The SMILES string of the molecule is C1=C2COC(=C1)C2.[N-]=[N+]=N. The van der Waals surface area contributed by atoms with Gasteiger partial charge >= 0.3 is 0 Å². The predicted molar refractivity (Wildman–Crippen MR) is 36.2 cm³/mol. The van der Waals surface area contributed by atoms with Gasteiger partial charge in [-0.1, -0.05) is 6.08 Å². The summed E-state index contributed by atoms with van der Waals surface area (Å²) >= 11 is 0. The van der Waals surface area contributed by atoms with Gasteiger partial charge in [0.25, 0.3) is 0 Å². The van der Waals surface area contributed by atoms with E-state index in [0.717, 1.165) is 18.8 Å². The van der Waals surface area contributed by atoms with Crippen LogP contribution in [-0.2, 0) is 4.74 Å². The lowest BCUT2D eigenvalue weighted by atomic mass is 10.3. The van der Waals surface area contributed by atoms with Gasteiger partial charge in [-0.05, 0) is 22.1 Å². The molecule has 0 unspecified atom stereocenters. The Morgan fingerprint density at radius 1 is 1.60 bits per heavy atom. The number of fused-ring (bicyclic) bond motifs is 2. The minimum Gasteiger partial charge on any atom is -0.493 e. The van der Waals surface area contributed by atoms with E-state index >= 15 is 0 Å². The van der Waals surface area contributed by atoms with E-state index in [1.807, 2.05) is 6.08 Å². The summed E-state index contributed by atoms with van der Waals surface area (Å²) in [7, 11) is 0. The molecule has 0 aromatic rings. The molecular formula is C6H7N3O. The van der Waals surface area contributed by atoms with Crippen molar-refractivity contribution in [1.82, 2.24) is 0 Å². The van der Waals surface area contributed by atoms with E-state index in [-0.39, 0.29) is 0 Å². The Hall–Kier alpha value is -1.41. The highest BCUT2D eigenvalue weighted by Gasteiger charge is 2.16. The van der Waals surface area contributed by atoms with Crippen LogP contribution in [0, 0.1) is 5.53 Å². The molecule has 1 N–H and O–H groups in total. The number of hydrogen-bond acceptors (Lipinski definition) is 2. The first-order valence-electron chi connectivity index (χ1n) is 2.89. The Labute approximate surface area is 58.2 Å². The fourth-order valence-corrected chi connectivity index (χ4v) is 0.936. The van der Waals surface area contributed by atoms with Gasteiger partial charge in [-0.3, -0.25) is 0 Å². The summed E-state index contributed by atoms with van der Waals surface area (Å²) < 4.78 is 5.14. The van der Waals surface area contributed by atoms with Crippen LogP contribution in [0.3, 0.4) is 0 Å². The molecule has 0 spiro atoms. The van der Waals surface area contributed by atoms with Gasteiger partial charge in [-0.15, -0.1) is 5.53 Å². The third kappa shape index (κ3) is 1.30. The smallest absolute Gasteiger partial charge is 0.110 e. The van der Waals surface area contributed by atoms with E-state index in [1.54, 1.807) is 4.91 Å². The van der Waals surface area contributed by atoms with Crippen molar-refractivity contribution < 1.29 is 4.74 Å². The second-order valence-electron chi connectivity index (χ2n) is 2.02.